The molecule has 4 heteroatoms. The van der Waals surface area contributed by atoms with Gasteiger partial charge in [0.25, 0.3) is 0 Å². The van der Waals surface area contributed by atoms with Crippen molar-refractivity contribution in [3.8, 4) is 5.75 Å². The van der Waals surface area contributed by atoms with Gasteiger partial charge in [0.15, 0.2) is 0 Å². The van der Waals surface area contributed by atoms with E-state index in [0.29, 0.717) is 0 Å². The minimum Gasteiger partial charge on any atom is -0.497 e. The van der Waals surface area contributed by atoms with E-state index < -0.39 is 0 Å². The van der Waals surface area contributed by atoms with E-state index in [1.54, 1.807) is 7.11 Å². The van der Waals surface area contributed by atoms with Crippen molar-refractivity contribution in [3.05, 3.63) is 30.5 Å². The zero-order valence-electron chi connectivity index (χ0n) is 13.4. The van der Waals surface area contributed by atoms with E-state index in [1.807, 2.05) is 24.4 Å². The lowest BCUT2D eigenvalue weighted by Crippen LogP contribution is -2.45. The van der Waals surface area contributed by atoms with Gasteiger partial charge in [0.05, 0.1) is 18.3 Å². The van der Waals surface area contributed by atoms with E-state index in [9.17, 15) is 0 Å². The Balaban J connectivity index is 2.21. The zero-order valence-corrected chi connectivity index (χ0v) is 13.4. The highest BCUT2D eigenvalue weighted by Crippen LogP contribution is 2.27. The molecule has 2 aromatic rings. The van der Waals surface area contributed by atoms with Crippen molar-refractivity contribution in [1.29, 1.82) is 0 Å². The molecule has 0 spiro atoms. The van der Waals surface area contributed by atoms with Gasteiger partial charge in [-0.2, -0.15) is 0 Å². The molecule has 0 saturated carbocycles. The number of pyridine rings is 1. The fourth-order valence-corrected chi connectivity index (χ4v) is 2.26. The van der Waals surface area contributed by atoms with Crippen LogP contribution in [0.25, 0.3) is 10.9 Å². The molecule has 0 amide bonds. The Bertz CT molecular complexity index is 596. The molecule has 114 valence electrons. The van der Waals surface area contributed by atoms with Crippen LogP contribution in [-0.4, -0.2) is 30.7 Å². The second-order valence-electron chi connectivity index (χ2n) is 5.91. The number of hydrogen-bond donors (Lipinski definition) is 2. The molecule has 0 unspecified atom stereocenters. The first-order valence-corrected chi connectivity index (χ1v) is 7.47. The first kappa shape index (κ1) is 15.6. The second kappa shape index (κ2) is 6.76. The number of aromatic nitrogens is 1. The maximum Gasteiger partial charge on any atom is 0.121 e. The predicted molar refractivity (Wildman–Crippen MR) is 89.2 cm³/mol. The molecule has 0 saturated heterocycles. The molecule has 1 heterocycles. The van der Waals surface area contributed by atoms with Gasteiger partial charge in [-0.3, -0.25) is 4.98 Å². The molecule has 0 bridgehead atoms. The summed E-state index contributed by atoms with van der Waals surface area (Å²) in [7, 11) is 1.69. The van der Waals surface area contributed by atoms with Gasteiger partial charge in [0, 0.05) is 29.7 Å². The third-order valence-corrected chi connectivity index (χ3v) is 3.49. The summed E-state index contributed by atoms with van der Waals surface area (Å²) in [5.74, 6) is 0.845. The summed E-state index contributed by atoms with van der Waals surface area (Å²) in [4.78, 5) is 4.48. The molecule has 0 aliphatic carbocycles. The first-order valence-electron chi connectivity index (χ1n) is 7.47. The topological polar surface area (TPSA) is 46.2 Å². The third-order valence-electron chi connectivity index (χ3n) is 3.49. The minimum absolute atomic E-state index is 0.0280. The molecule has 0 aliphatic rings. The van der Waals surface area contributed by atoms with Crippen LogP contribution in [0.3, 0.4) is 0 Å². The minimum atomic E-state index is 0.0280. The SMILES string of the molecule is CCCNC(C)(C)CNc1cc(OC)cc2cccnc12. The molecule has 21 heavy (non-hydrogen) atoms. The number of nitrogens with zero attached hydrogens (tertiary/aromatic N) is 1. The zero-order chi connectivity index (χ0) is 15.3. The van der Waals surface area contributed by atoms with Gasteiger partial charge in [-0.1, -0.05) is 13.0 Å². The largest absolute Gasteiger partial charge is 0.497 e. The quantitative estimate of drug-likeness (QED) is 0.819. The van der Waals surface area contributed by atoms with Gasteiger partial charge in [-0.15, -0.1) is 0 Å². The van der Waals surface area contributed by atoms with Crippen LogP contribution in [-0.2, 0) is 0 Å². The molecular formula is C17H25N3O. The average Bonchev–Trinajstić information content (AvgIpc) is 2.50. The number of ether oxygens (including phenoxy) is 1. The lowest BCUT2D eigenvalue weighted by molar-refractivity contribution is 0.408. The van der Waals surface area contributed by atoms with Crippen LogP contribution in [0.4, 0.5) is 5.69 Å². The maximum atomic E-state index is 5.38. The Morgan fingerprint density at radius 2 is 2.10 bits per heavy atom. The van der Waals surface area contributed by atoms with Crippen LogP contribution in [0.15, 0.2) is 30.5 Å². The third kappa shape index (κ3) is 4.08. The molecule has 2 N–H and O–H groups in total. The standard InChI is InChI=1S/C17H25N3O/c1-5-8-20-17(2,3)12-19-15-11-14(21-4)10-13-7-6-9-18-16(13)15/h6-7,9-11,19-20H,5,8,12H2,1-4H3. The average molecular weight is 287 g/mol. The van der Waals surface area contributed by atoms with Crippen LogP contribution in [0.1, 0.15) is 27.2 Å². The highest BCUT2D eigenvalue weighted by molar-refractivity contribution is 5.91. The normalized spacial score (nSPS) is 11.6. The summed E-state index contributed by atoms with van der Waals surface area (Å²) in [5.41, 5.74) is 2.01. The fraction of sp³-hybridized carbons (Fsp3) is 0.471. The molecule has 1 aromatic heterocycles. The van der Waals surface area contributed by atoms with Crippen LogP contribution < -0.4 is 15.4 Å². The van der Waals surface area contributed by atoms with E-state index in [0.717, 1.165) is 41.9 Å². The summed E-state index contributed by atoms with van der Waals surface area (Å²) in [5, 5.41) is 8.13. The van der Waals surface area contributed by atoms with Crippen LogP contribution in [0.2, 0.25) is 0 Å². The van der Waals surface area contributed by atoms with Crippen LogP contribution in [0.5, 0.6) is 5.75 Å². The summed E-state index contributed by atoms with van der Waals surface area (Å²) in [6.45, 7) is 8.42. The Morgan fingerprint density at radius 3 is 2.81 bits per heavy atom. The number of rotatable bonds is 7. The van der Waals surface area contributed by atoms with Crippen molar-refractivity contribution in [2.45, 2.75) is 32.7 Å². The summed E-state index contributed by atoms with van der Waals surface area (Å²) in [6.07, 6.45) is 2.95. The van der Waals surface area contributed by atoms with Crippen molar-refractivity contribution < 1.29 is 4.74 Å². The molecule has 2 rings (SSSR count). The Hall–Kier alpha value is -1.81. The summed E-state index contributed by atoms with van der Waals surface area (Å²) in [6, 6.07) is 8.01. The van der Waals surface area contributed by atoms with Crippen molar-refractivity contribution >= 4 is 16.6 Å². The van der Waals surface area contributed by atoms with Gasteiger partial charge >= 0.3 is 0 Å². The fourth-order valence-electron chi connectivity index (χ4n) is 2.26. The Kier molecular flexibility index (Phi) is 5.02. The molecule has 1 aromatic carbocycles. The molecule has 0 fully saturated rings. The second-order valence-corrected chi connectivity index (χ2v) is 5.91. The molecular weight excluding hydrogens is 262 g/mol. The highest BCUT2D eigenvalue weighted by atomic mass is 16.5. The number of nitrogens with one attached hydrogen (secondary N) is 2. The molecule has 0 aliphatic heterocycles. The highest BCUT2D eigenvalue weighted by Gasteiger charge is 2.17. The number of benzene rings is 1. The monoisotopic (exact) mass is 287 g/mol. The number of anilines is 1. The van der Waals surface area contributed by atoms with Crippen molar-refractivity contribution in [3.63, 3.8) is 0 Å². The Labute approximate surface area is 126 Å². The van der Waals surface area contributed by atoms with Gasteiger partial charge in [-0.25, -0.2) is 0 Å². The van der Waals surface area contributed by atoms with E-state index in [4.69, 9.17) is 4.74 Å². The van der Waals surface area contributed by atoms with Crippen molar-refractivity contribution in [2.24, 2.45) is 0 Å². The van der Waals surface area contributed by atoms with Gasteiger partial charge < -0.3 is 15.4 Å². The number of fused-ring (bicyclic) bond motifs is 1. The van der Waals surface area contributed by atoms with E-state index in [1.165, 1.54) is 0 Å². The van der Waals surface area contributed by atoms with Gasteiger partial charge in [0.1, 0.15) is 5.75 Å². The van der Waals surface area contributed by atoms with Crippen LogP contribution in [0, 0.1) is 0 Å². The smallest absolute Gasteiger partial charge is 0.121 e. The van der Waals surface area contributed by atoms with Crippen LogP contribution >= 0.6 is 0 Å². The number of methoxy groups -OCH3 is 1. The molecule has 0 atom stereocenters. The van der Waals surface area contributed by atoms with E-state index >= 15 is 0 Å². The first-order chi connectivity index (χ1) is 10.1. The van der Waals surface area contributed by atoms with Gasteiger partial charge in [-0.05, 0) is 38.9 Å². The van der Waals surface area contributed by atoms with Crippen molar-refractivity contribution in [1.82, 2.24) is 10.3 Å². The van der Waals surface area contributed by atoms with E-state index in [2.05, 4.69) is 42.5 Å². The number of hydrogen-bond acceptors (Lipinski definition) is 4. The van der Waals surface area contributed by atoms with Crippen molar-refractivity contribution in [2.75, 3.05) is 25.5 Å². The summed E-state index contributed by atoms with van der Waals surface area (Å²) >= 11 is 0. The molecule has 0 radical (unpaired) electrons. The Morgan fingerprint density at radius 1 is 1.29 bits per heavy atom. The molecule has 4 nitrogen and oxygen atoms in total. The lowest BCUT2D eigenvalue weighted by Gasteiger charge is -2.27. The summed E-state index contributed by atoms with van der Waals surface area (Å²) < 4.78 is 5.38. The van der Waals surface area contributed by atoms with Gasteiger partial charge in [0.2, 0.25) is 0 Å². The predicted octanol–water partition coefficient (Wildman–Crippen LogP) is 3.43. The lowest BCUT2D eigenvalue weighted by atomic mass is 10.0. The maximum absolute atomic E-state index is 5.38. The van der Waals surface area contributed by atoms with E-state index in [-0.39, 0.29) is 5.54 Å².